The Kier molecular flexibility index (Phi) is 5.15. The van der Waals surface area contributed by atoms with E-state index >= 15 is 0 Å². The summed E-state index contributed by atoms with van der Waals surface area (Å²) in [7, 11) is 0. The first-order chi connectivity index (χ1) is 12.7. The van der Waals surface area contributed by atoms with E-state index in [1.165, 1.54) is 18.3 Å². The Balaban J connectivity index is 1.66. The average Bonchev–Trinajstić information content (AvgIpc) is 3.12. The van der Waals surface area contributed by atoms with Gasteiger partial charge in [0.1, 0.15) is 0 Å². The summed E-state index contributed by atoms with van der Waals surface area (Å²) in [5.74, 6) is -1.71. The number of carboxylic acid groups (broad SMARTS) is 1. The first kappa shape index (κ1) is 18.9. The summed E-state index contributed by atoms with van der Waals surface area (Å²) < 4.78 is 39.5. The molecule has 0 radical (unpaired) electrons. The van der Waals surface area contributed by atoms with Gasteiger partial charge in [0.15, 0.2) is 5.69 Å². The molecule has 27 heavy (non-hydrogen) atoms. The van der Waals surface area contributed by atoms with E-state index in [1.807, 2.05) is 0 Å². The molecular weight excluding hydrogens is 365 g/mol. The van der Waals surface area contributed by atoms with Gasteiger partial charge in [-0.15, -0.1) is 5.10 Å². The zero-order valence-electron chi connectivity index (χ0n) is 14.1. The molecule has 3 rings (SSSR count). The lowest BCUT2D eigenvalue weighted by atomic mass is 9.86. The number of nitrogens with zero attached hydrogens (tertiary/aromatic N) is 3. The second-order valence-electron chi connectivity index (χ2n) is 6.46. The maximum absolute atomic E-state index is 12.8. The number of nitrogens with one attached hydrogen (secondary N) is 1. The number of carboxylic acids is 1. The van der Waals surface area contributed by atoms with E-state index in [-0.39, 0.29) is 23.3 Å². The van der Waals surface area contributed by atoms with Gasteiger partial charge in [-0.1, -0.05) is 11.3 Å². The standard InChI is InChI=1S/C17H17F3N4O3/c18-17(19,20)11-2-1-3-13(8-11)24-9-14(22-23-24)15(25)21-12-6-4-10(5-7-12)16(26)27/h1-3,8-10,12H,4-7H2,(H,21,25)(H,26,27). The molecule has 0 spiro atoms. The highest BCUT2D eigenvalue weighted by atomic mass is 19.4. The maximum atomic E-state index is 12.8. The van der Waals surface area contributed by atoms with E-state index in [2.05, 4.69) is 15.6 Å². The van der Waals surface area contributed by atoms with E-state index in [1.54, 1.807) is 0 Å². The Morgan fingerprint density at radius 3 is 2.52 bits per heavy atom. The Labute approximate surface area is 152 Å². The van der Waals surface area contributed by atoms with Crippen LogP contribution in [0.2, 0.25) is 0 Å². The number of aliphatic carboxylic acids is 1. The third kappa shape index (κ3) is 4.44. The van der Waals surface area contributed by atoms with E-state index in [9.17, 15) is 22.8 Å². The number of alkyl halides is 3. The fraction of sp³-hybridized carbons (Fsp3) is 0.412. The smallest absolute Gasteiger partial charge is 0.416 e. The molecular formula is C17H17F3N4O3. The van der Waals surface area contributed by atoms with Crippen molar-refractivity contribution in [3.63, 3.8) is 0 Å². The minimum absolute atomic E-state index is 0.0206. The van der Waals surface area contributed by atoms with Crippen LogP contribution in [-0.2, 0) is 11.0 Å². The highest BCUT2D eigenvalue weighted by molar-refractivity contribution is 5.92. The van der Waals surface area contributed by atoms with Crippen molar-refractivity contribution in [1.29, 1.82) is 0 Å². The molecule has 1 fully saturated rings. The Morgan fingerprint density at radius 1 is 1.19 bits per heavy atom. The van der Waals surface area contributed by atoms with Crippen molar-refractivity contribution in [2.75, 3.05) is 0 Å². The van der Waals surface area contributed by atoms with E-state index < -0.39 is 23.6 Å². The normalized spacial score (nSPS) is 20.3. The summed E-state index contributed by atoms with van der Waals surface area (Å²) in [5.41, 5.74) is -0.706. The van der Waals surface area contributed by atoms with Crippen molar-refractivity contribution in [3.05, 3.63) is 41.7 Å². The second-order valence-corrected chi connectivity index (χ2v) is 6.46. The van der Waals surface area contributed by atoms with Gasteiger partial charge in [-0.05, 0) is 43.9 Å². The zero-order chi connectivity index (χ0) is 19.6. The van der Waals surface area contributed by atoms with Crippen LogP contribution in [0.25, 0.3) is 5.69 Å². The Bertz CT molecular complexity index is 842. The van der Waals surface area contributed by atoms with E-state index in [0.29, 0.717) is 25.7 Å². The fourth-order valence-corrected chi connectivity index (χ4v) is 3.06. The fourth-order valence-electron chi connectivity index (χ4n) is 3.06. The van der Waals surface area contributed by atoms with Gasteiger partial charge in [-0.3, -0.25) is 9.59 Å². The molecule has 0 atom stereocenters. The molecule has 0 unspecified atom stereocenters. The number of carbonyl (C=O) groups is 2. The maximum Gasteiger partial charge on any atom is 0.416 e. The van der Waals surface area contributed by atoms with Gasteiger partial charge in [0.05, 0.1) is 23.4 Å². The Hall–Kier alpha value is -2.91. The predicted octanol–water partition coefficient (Wildman–Crippen LogP) is 2.66. The van der Waals surface area contributed by atoms with Gasteiger partial charge >= 0.3 is 12.1 Å². The summed E-state index contributed by atoms with van der Waals surface area (Å²) in [6.45, 7) is 0. The molecule has 0 saturated heterocycles. The van der Waals surface area contributed by atoms with E-state index in [0.717, 1.165) is 16.8 Å². The van der Waals surface area contributed by atoms with Crippen molar-refractivity contribution in [2.45, 2.75) is 37.9 Å². The van der Waals surface area contributed by atoms with Gasteiger partial charge in [0, 0.05) is 6.04 Å². The van der Waals surface area contributed by atoms with Crippen LogP contribution in [0, 0.1) is 5.92 Å². The molecule has 144 valence electrons. The van der Waals surface area contributed by atoms with Crippen LogP contribution >= 0.6 is 0 Å². The van der Waals surface area contributed by atoms with Crippen molar-refractivity contribution < 1.29 is 27.9 Å². The van der Waals surface area contributed by atoms with E-state index in [4.69, 9.17) is 5.11 Å². The Morgan fingerprint density at radius 2 is 1.89 bits per heavy atom. The quantitative estimate of drug-likeness (QED) is 0.847. The van der Waals surface area contributed by atoms with Crippen LogP contribution < -0.4 is 5.32 Å². The molecule has 1 aliphatic carbocycles. The lowest BCUT2D eigenvalue weighted by molar-refractivity contribution is -0.143. The molecule has 1 aromatic heterocycles. The van der Waals surface area contributed by atoms with Crippen LogP contribution in [0.3, 0.4) is 0 Å². The summed E-state index contributed by atoms with van der Waals surface area (Å²) >= 11 is 0. The topological polar surface area (TPSA) is 97.1 Å². The van der Waals surface area contributed by atoms with Gasteiger partial charge in [-0.25, -0.2) is 4.68 Å². The summed E-state index contributed by atoms with van der Waals surface area (Å²) in [5, 5.41) is 19.2. The van der Waals surface area contributed by atoms with Crippen LogP contribution in [0.4, 0.5) is 13.2 Å². The van der Waals surface area contributed by atoms with Crippen LogP contribution in [-0.4, -0.2) is 38.0 Å². The van der Waals surface area contributed by atoms with Gasteiger partial charge in [-0.2, -0.15) is 13.2 Å². The third-order valence-electron chi connectivity index (χ3n) is 4.58. The number of aromatic nitrogens is 3. The molecule has 7 nitrogen and oxygen atoms in total. The molecule has 0 bridgehead atoms. The van der Waals surface area contributed by atoms with Crippen molar-refractivity contribution in [3.8, 4) is 5.69 Å². The van der Waals surface area contributed by atoms with Gasteiger partial charge < -0.3 is 10.4 Å². The van der Waals surface area contributed by atoms with Crippen molar-refractivity contribution in [1.82, 2.24) is 20.3 Å². The third-order valence-corrected chi connectivity index (χ3v) is 4.58. The molecule has 10 heteroatoms. The first-order valence-corrected chi connectivity index (χ1v) is 8.37. The van der Waals surface area contributed by atoms with Crippen LogP contribution in [0.15, 0.2) is 30.5 Å². The number of benzene rings is 1. The number of rotatable bonds is 4. The molecule has 2 N–H and O–H groups in total. The number of hydrogen-bond donors (Lipinski definition) is 2. The number of amides is 1. The molecule has 2 aromatic rings. The number of halogens is 3. The van der Waals surface area contributed by atoms with Crippen LogP contribution in [0.5, 0.6) is 0 Å². The molecule has 1 saturated carbocycles. The minimum atomic E-state index is -4.48. The highest BCUT2D eigenvalue weighted by Gasteiger charge is 2.31. The van der Waals surface area contributed by atoms with Crippen LogP contribution in [0.1, 0.15) is 41.7 Å². The zero-order valence-corrected chi connectivity index (χ0v) is 14.1. The predicted molar refractivity (Wildman–Crippen MR) is 87.2 cm³/mol. The highest BCUT2D eigenvalue weighted by Crippen LogP contribution is 2.30. The summed E-state index contributed by atoms with van der Waals surface area (Å²) in [6, 6.07) is 4.39. The molecule has 1 aliphatic rings. The minimum Gasteiger partial charge on any atom is -0.481 e. The molecule has 1 aromatic carbocycles. The average molecular weight is 382 g/mol. The molecule has 0 aliphatic heterocycles. The van der Waals surface area contributed by atoms with Crippen molar-refractivity contribution in [2.24, 2.45) is 5.92 Å². The number of carbonyl (C=O) groups excluding carboxylic acids is 1. The molecule has 1 amide bonds. The summed E-state index contributed by atoms with van der Waals surface area (Å²) in [4.78, 5) is 23.2. The number of hydrogen-bond acceptors (Lipinski definition) is 4. The summed E-state index contributed by atoms with van der Waals surface area (Å²) in [6.07, 6.45) is -1.16. The van der Waals surface area contributed by atoms with Gasteiger partial charge in [0.2, 0.25) is 0 Å². The monoisotopic (exact) mass is 382 g/mol. The first-order valence-electron chi connectivity index (χ1n) is 8.37. The van der Waals surface area contributed by atoms with Crippen molar-refractivity contribution >= 4 is 11.9 Å². The second kappa shape index (κ2) is 7.37. The SMILES string of the molecule is O=C(NC1CCC(C(=O)O)CC1)c1cn(-c2cccc(C(F)(F)F)c2)nn1. The lowest BCUT2D eigenvalue weighted by Crippen LogP contribution is -2.38. The lowest BCUT2D eigenvalue weighted by Gasteiger charge is -2.26. The van der Waals surface area contributed by atoms with Gasteiger partial charge in [0.25, 0.3) is 5.91 Å². The molecule has 1 heterocycles. The largest absolute Gasteiger partial charge is 0.481 e.